The van der Waals surface area contributed by atoms with Crippen molar-refractivity contribution in [3.05, 3.63) is 58.6 Å². The predicted molar refractivity (Wildman–Crippen MR) is 128 cm³/mol. The molecule has 2 aromatic heterocycles. The number of carbonyl (C=O) groups excluding carboxylic acids is 1. The lowest BCUT2D eigenvalue weighted by Crippen LogP contribution is -2.36. The SMILES string of the molecule is O=C(Cc1csc(-c2ccccc2Cl)n1)Nc1ccc2nc(N3CCOCC3)sc2c1. The van der Waals surface area contributed by atoms with Crippen LogP contribution in [0.15, 0.2) is 47.8 Å². The number of fused-ring (bicyclic) bond motifs is 1. The van der Waals surface area contributed by atoms with Gasteiger partial charge in [-0.1, -0.05) is 41.1 Å². The second-order valence-electron chi connectivity index (χ2n) is 7.13. The van der Waals surface area contributed by atoms with E-state index in [4.69, 9.17) is 21.3 Å². The molecule has 0 radical (unpaired) electrons. The number of nitrogens with one attached hydrogen (secondary N) is 1. The van der Waals surface area contributed by atoms with Crippen molar-refractivity contribution in [2.75, 3.05) is 36.5 Å². The van der Waals surface area contributed by atoms with E-state index in [-0.39, 0.29) is 12.3 Å². The zero-order valence-corrected chi connectivity index (χ0v) is 18.9. The van der Waals surface area contributed by atoms with E-state index >= 15 is 0 Å². The molecule has 5 rings (SSSR count). The normalized spacial score (nSPS) is 14.2. The van der Waals surface area contributed by atoms with E-state index < -0.39 is 0 Å². The molecule has 3 heterocycles. The maximum absolute atomic E-state index is 12.6. The van der Waals surface area contributed by atoms with Crippen LogP contribution in [-0.2, 0) is 16.0 Å². The number of thiazole rings is 2. The highest BCUT2D eigenvalue weighted by atomic mass is 35.5. The summed E-state index contributed by atoms with van der Waals surface area (Å²) in [4.78, 5) is 24.1. The first-order valence-corrected chi connectivity index (χ1v) is 12.0. The van der Waals surface area contributed by atoms with Crippen LogP contribution < -0.4 is 10.2 Å². The minimum Gasteiger partial charge on any atom is -0.378 e. The summed E-state index contributed by atoms with van der Waals surface area (Å²) in [6.45, 7) is 3.17. The minimum atomic E-state index is -0.103. The zero-order chi connectivity index (χ0) is 21.2. The highest BCUT2D eigenvalue weighted by Crippen LogP contribution is 2.32. The van der Waals surface area contributed by atoms with Crippen molar-refractivity contribution in [3.63, 3.8) is 0 Å². The van der Waals surface area contributed by atoms with Gasteiger partial charge in [-0.3, -0.25) is 4.79 Å². The largest absolute Gasteiger partial charge is 0.378 e. The lowest BCUT2D eigenvalue weighted by molar-refractivity contribution is -0.115. The summed E-state index contributed by atoms with van der Waals surface area (Å²) in [6.07, 6.45) is 0.209. The average molecular weight is 471 g/mol. The molecule has 1 fully saturated rings. The maximum atomic E-state index is 12.6. The lowest BCUT2D eigenvalue weighted by Gasteiger charge is -2.25. The molecule has 6 nitrogen and oxygen atoms in total. The van der Waals surface area contributed by atoms with E-state index in [9.17, 15) is 4.79 Å². The quantitative estimate of drug-likeness (QED) is 0.440. The van der Waals surface area contributed by atoms with E-state index in [0.29, 0.717) is 5.02 Å². The molecule has 1 N–H and O–H groups in total. The van der Waals surface area contributed by atoms with Gasteiger partial charge in [0.2, 0.25) is 5.91 Å². The summed E-state index contributed by atoms with van der Waals surface area (Å²) < 4.78 is 6.47. The number of amides is 1. The number of rotatable bonds is 5. The third kappa shape index (κ3) is 4.57. The fraction of sp³-hybridized carbons (Fsp3) is 0.227. The van der Waals surface area contributed by atoms with E-state index in [1.54, 1.807) is 11.3 Å². The first kappa shape index (κ1) is 20.4. The van der Waals surface area contributed by atoms with E-state index in [1.807, 2.05) is 47.8 Å². The molecule has 158 valence electrons. The summed E-state index contributed by atoms with van der Waals surface area (Å²) in [7, 11) is 0. The first-order valence-electron chi connectivity index (χ1n) is 9.88. The second-order valence-corrected chi connectivity index (χ2v) is 9.40. The third-order valence-corrected chi connectivity index (χ3v) is 7.27. The Labute approximate surface area is 192 Å². The molecule has 1 aliphatic rings. The molecule has 0 bridgehead atoms. The fourth-order valence-corrected chi connectivity index (χ4v) is 5.59. The van der Waals surface area contributed by atoms with Gasteiger partial charge < -0.3 is 15.0 Å². The Kier molecular flexibility index (Phi) is 5.87. The molecule has 4 aromatic rings. The number of benzene rings is 2. The molecule has 31 heavy (non-hydrogen) atoms. The van der Waals surface area contributed by atoms with Crippen LogP contribution in [0.3, 0.4) is 0 Å². The number of morpholine rings is 1. The smallest absolute Gasteiger partial charge is 0.230 e. The van der Waals surface area contributed by atoms with Crippen molar-refractivity contribution in [3.8, 4) is 10.6 Å². The molecule has 0 unspecified atom stereocenters. The summed E-state index contributed by atoms with van der Waals surface area (Å²) in [5, 5.41) is 7.35. The molecule has 9 heteroatoms. The van der Waals surface area contributed by atoms with Gasteiger partial charge >= 0.3 is 0 Å². The molecule has 1 saturated heterocycles. The van der Waals surface area contributed by atoms with Gasteiger partial charge in [-0.15, -0.1) is 11.3 Å². The van der Waals surface area contributed by atoms with Gasteiger partial charge in [0.05, 0.1) is 40.6 Å². The number of anilines is 2. The minimum absolute atomic E-state index is 0.103. The molecule has 0 saturated carbocycles. The second kappa shape index (κ2) is 8.92. The van der Waals surface area contributed by atoms with Gasteiger partial charge in [-0.2, -0.15) is 0 Å². The van der Waals surface area contributed by atoms with Crippen LogP contribution in [0.4, 0.5) is 10.8 Å². The van der Waals surface area contributed by atoms with Crippen LogP contribution in [0.5, 0.6) is 0 Å². The van der Waals surface area contributed by atoms with Crippen molar-refractivity contribution in [2.24, 2.45) is 0 Å². The van der Waals surface area contributed by atoms with Crippen LogP contribution in [-0.4, -0.2) is 42.2 Å². The molecule has 0 atom stereocenters. The van der Waals surface area contributed by atoms with Crippen LogP contribution in [0.25, 0.3) is 20.8 Å². The molecular formula is C22H19ClN4O2S2. The number of ether oxygens (including phenoxy) is 1. The van der Waals surface area contributed by atoms with Crippen molar-refractivity contribution >= 4 is 61.2 Å². The molecule has 2 aromatic carbocycles. The first-order chi connectivity index (χ1) is 15.2. The number of halogens is 1. The van der Waals surface area contributed by atoms with Crippen molar-refractivity contribution in [1.82, 2.24) is 9.97 Å². The number of carbonyl (C=O) groups is 1. The molecular weight excluding hydrogens is 452 g/mol. The Morgan fingerprint density at radius 3 is 2.84 bits per heavy atom. The van der Waals surface area contributed by atoms with Gasteiger partial charge in [0.1, 0.15) is 5.01 Å². The van der Waals surface area contributed by atoms with E-state index in [1.165, 1.54) is 11.3 Å². The monoisotopic (exact) mass is 470 g/mol. The Hall–Kier alpha value is -2.52. The van der Waals surface area contributed by atoms with Gasteiger partial charge in [0.15, 0.2) is 5.13 Å². The zero-order valence-electron chi connectivity index (χ0n) is 16.5. The summed E-state index contributed by atoms with van der Waals surface area (Å²) in [5.41, 5.74) is 3.31. The highest BCUT2D eigenvalue weighted by Gasteiger charge is 2.16. The number of hydrogen-bond donors (Lipinski definition) is 1. The van der Waals surface area contributed by atoms with Crippen LogP contribution in [0.1, 0.15) is 5.69 Å². The van der Waals surface area contributed by atoms with Gasteiger partial charge in [-0.05, 0) is 24.3 Å². The van der Waals surface area contributed by atoms with E-state index in [2.05, 4.69) is 15.2 Å². The van der Waals surface area contributed by atoms with Crippen LogP contribution in [0.2, 0.25) is 5.02 Å². The Morgan fingerprint density at radius 1 is 1.16 bits per heavy atom. The third-order valence-electron chi connectivity index (χ3n) is 4.94. The number of nitrogens with zero attached hydrogens (tertiary/aromatic N) is 3. The lowest BCUT2D eigenvalue weighted by atomic mass is 10.2. The molecule has 0 aliphatic carbocycles. The Balaban J connectivity index is 1.26. The van der Waals surface area contributed by atoms with Gasteiger partial charge in [-0.25, -0.2) is 9.97 Å². The standard InChI is InChI=1S/C22H19ClN4O2S2/c23-17-4-2-1-3-16(17)21-25-15(13-30-21)12-20(28)24-14-5-6-18-19(11-14)31-22(26-18)27-7-9-29-10-8-27/h1-6,11,13H,7-10,12H2,(H,24,28). The Morgan fingerprint density at radius 2 is 2.00 bits per heavy atom. The predicted octanol–water partition coefficient (Wildman–Crippen LogP) is 5.09. The molecule has 0 spiro atoms. The topological polar surface area (TPSA) is 67.4 Å². The van der Waals surface area contributed by atoms with Crippen molar-refractivity contribution in [2.45, 2.75) is 6.42 Å². The Bertz CT molecular complexity index is 1230. The summed E-state index contributed by atoms with van der Waals surface area (Å²) in [6, 6.07) is 13.4. The molecule has 1 amide bonds. The van der Waals surface area contributed by atoms with Crippen LogP contribution >= 0.6 is 34.3 Å². The van der Waals surface area contributed by atoms with Crippen molar-refractivity contribution < 1.29 is 9.53 Å². The highest BCUT2D eigenvalue weighted by molar-refractivity contribution is 7.22. The number of hydrogen-bond acceptors (Lipinski definition) is 7. The summed E-state index contributed by atoms with van der Waals surface area (Å²) in [5.74, 6) is -0.103. The summed E-state index contributed by atoms with van der Waals surface area (Å²) >= 11 is 9.38. The fourth-order valence-electron chi connectivity index (χ4n) is 3.40. The number of aromatic nitrogens is 2. The molecule has 1 aliphatic heterocycles. The van der Waals surface area contributed by atoms with Gasteiger partial charge in [0, 0.05) is 29.7 Å². The van der Waals surface area contributed by atoms with Gasteiger partial charge in [0.25, 0.3) is 0 Å². The maximum Gasteiger partial charge on any atom is 0.230 e. The van der Waals surface area contributed by atoms with Crippen LogP contribution in [0, 0.1) is 0 Å². The average Bonchev–Trinajstić information content (AvgIpc) is 3.41. The van der Waals surface area contributed by atoms with Crippen molar-refractivity contribution in [1.29, 1.82) is 0 Å². The van der Waals surface area contributed by atoms with E-state index in [0.717, 1.165) is 63.6 Å².